The van der Waals surface area contributed by atoms with E-state index in [1.165, 1.54) is 6.42 Å². The van der Waals surface area contributed by atoms with Crippen molar-refractivity contribution < 1.29 is 4.79 Å². The van der Waals surface area contributed by atoms with Gasteiger partial charge in [-0.05, 0) is 55.2 Å². The highest BCUT2D eigenvalue weighted by Crippen LogP contribution is 2.32. The van der Waals surface area contributed by atoms with Crippen LogP contribution in [-0.4, -0.2) is 24.0 Å². The quantitative estimate of drug-likeness (QED) is 0.532. The number of aromatic nitrogens is 1. The first kappa shape index (κ1) is 17.3. The molecule has 5 nitrogen and oxygen atoms in total. The summed E-state index contributed by atoms with van der Waals surface area (Å²) in [5.41, 5.74) is 11.0. The molecule has 0 saturated carbocycles. The summed E-state index contributed by atoms with van der Waals surface area (Å²) in [6.07, 6.45) is 6.78. The van der Waals surface area contributed by atoms with Crippen molar-refractivity contribution in [3.05, 3.63) is 60.3 Å². The Kier molecular flexibility index (Phi) is 4.92. The van der Waals surface area contributed by atoms with E-state index >= 15 is 0 Å². The van der Waals surface area contributed by atoms with E-state index in [2.05, 4.69) is 27.3 Å². The second kappa shape index (κ2) is 7.66. The third-order valence-corrected chi connectivity index (χ3v) is 5.20. The highest BCUT2D eigenvalue weighted by molar-refractivity contribution is 5.92. The summed E-state index contributed by atoms with van der Waals surface area (Å²) in [6.45, 7) is 0.974. The second-order valence-electron chi connectivity index (χ2n) is 6.99. The molecular weight excluding hydrogens is 336 g/mol. The van der Waals surface area contributed by atoms with Crippen molar-refractivity contribution in [1.82, 2.24) is 4.98 Å². The SMILES string of the molecule is Nc1ccccc1NC1CCCCN1c1ccnc2ccc(CC=O)cc12. The number of carbonyl (C=O) groups excluding carboxylic acids is 1. The van der Waals surface area contributed by atoms with E-state index < -0.39 is 0 Å². The molecule has 3 N–H and O–H groups in total. The van der Waals surface area contributed by atoms with Crippen molar-refractivity contribution in [1.29, 1.82) is 0 Å². The molecule has 1 aliphatic heterocycles. The van der Waals surface area contributed by atoms with Crippen LogP contribution in [0.15, 0.2) is 54.7 Å². The first-order valence-electron chi connectivity index (χ1n) is 9.45. The summed E-state index contributed by atoms with van der Waals surface area (Å²) >= 11 is 0. The smallest absolute Gasteiger partial charge is 0.124 e. The van der Waals surface area contributed by atoms with Crippen LogP contribution in [0.25, 0.3) is 10.9 Å². The number of carbonyl (C=O) groups is 1. The number of nitrogens with zero attached hydrogens (tertiary/aromatic N) is 2. The Hall–Kier alpha value is -3.08. The van der Waals surface area contributed by atoms with Gasteiger partial charge >= 0.3 is 0 Å². The van der Waals surface area contributed by atoms with Crippen LogP contribution in [0.3, 0.4) is 0 Å². The van der Waals surface area contributed by atoms with Gasteiger partial charge in [0.2, 0.25) is 0 Å². The van der Waals surface area contributed by atoms with Crippen LogP contribution in [0.1, 0.15) is 24.8 Å². The highest BCUT2D eigenvalue weighted by atomic mass is 16.1. The summed E-state index contributed by atoms with van der Waals surface area (Å²) in [7, 11) is 0. The fourth-order valence-corrected chi connectivity index (χ4v) is 3.83. The number of nitrogens with two attached hydrogens (primary N) is 1. The van der Waals surface area contributed by atoms with Crippen molar-refractivity contribution in [3.8, 4) is 0 Å². The number of nitrogens with one attached hydrogen (secondary N) is 1. The fourth-order valence-electron chi connectivity index (χ4n) is 3.83. The summed E-state index contributed by atoms with van der Waals surface area (Å²) in [4.78, 5) is 17.8. The van der Waals surface area contributed by atoms with Gasteiger partial charge in [0.25, 0.3) is 0 Å². The fraction of sp³-hybridized carbons (Fsp3) is 0.273. The maximum Gasteiger partial charge on any atom is 0.124 e. The maximum absolute atomic E-state index is 10.9. The van der Waals surface area contributed by atoms with E-state index in [1.54, 1.807) is 0 Å². The third kappa shape index (κ3) is 3.58. The van der Waals surface area contributed by atoms with Gasteiger partial charge in [0.1, 0.15) is 6.29 Å². The first-order chi connectivity index (χ1) is 13.3. The number of rotatable bonds is 5. The number of anilines is 3. The first-order valence-corrected chi connectivity index (χ1v) is 9.45. The second-order valence-corrected chi connectivity index (χ2v) is 6.99. The van der Waals surface area contributed by atoms with E-state index in [1.807, 2.05) is 42.6 Å². The van der Waals surface area contributed by atoms with Crippen molar-refractivity contribution in [2.24, 2.45) is 0 Å². The van der Waals surface area contributed by atoms with Gasteiger partial charge in [-0.2, -0.15) is 0 Å². The summed E-state index contributed by atoms with van der Waals surface area (Å²) < 4.78 is 0. The van der Waals surface area contributed by atoms with Crippen molar-refractivity contribution in [2.75, 3.05) is 22.5 Å². The van der Waals surface area contributed by atoms with Crippen LogP contribution in [0.5, 0.6) is 0 Å². The number of piperidine rings is 1. The normalized spacial score (nSPS) is 17.0. The topological polar surface area (TPSA) is 71.2 Å². The minimum Gasteiger partial charge on any atom is -0.397 e. The van der Waals surface area contributed by atoms with Gasteiger partial charge in [0.05, 0.1) is 23.1 Å². The predicted molar refractivity (Wildman–Crippen MR) is 111 cm³/mol. The molecular formula is C22H24N4O. The van der Waals surface area contributed by atoms with Crippen LogP contribution in [-0.2, 0) is 11.2 Å². The Balaban J connectivity index is 1.72. The number of pyridine rings is 1. The third-order valence-electron chi connectivity index (χ3n) is 5.20. The lowest BCUT2D eigenvalue weighted by Gasteiger charge is -2.39. The van der Waals surface area contributed by atoms with Crippen LogP contribution < -0.4 is 16.0 Å². The number of hydrogen-bond donors (Lipinski definition) is 2. The number of fused-ring (bicyclic) bond motifs is 1. The Morgan fingerprint density at radius 2 is 2.07 bits per heavy atom. The molecule has 4 rings (SSSR count). The molecule has 0 amide bonds. The number of hydrogen-bond acceptors (Lipinski definition) is 5. The molecule has 2 heterocycles. The molecule has 27 heavy (non-hydrogen) atoms. The van der Waals surface area contributed by atoms with Gasteiger partial charge in [-0.1, -0.05) is 18.2 Å². The Morgan fingerprint density at radius 1 is 1.19 bits per heavy atom. The molecule has 1 fully saturated rings. The average molecular weight is 360 g/mol. The average Bonchev–Trinajstić information content (AvgIpc) is 2.70. The van der Waals surface area contributed by atoms with Crippen molar-refractivity contribution in [2.45, 2.75) is 31.8 Å². The van der Waals surface area contributed by atoms with Crippen LogP contribution in [0.2, 0.25) is 0 Å². The highest BCUT2D eigenvalue weighted by Gasteiger charge is 2.24. The van der Waals surface area contributed by atoms with Gasteiger partial charge in [-0.25, -0.2) is 0 Å². The van der Waals surface area contributed by atoms with Crippen molar-refractivity contribution in [3.63, 3.8) is 0 Å². The number of nitrogen functional groups attached to an aromatic ring is 1. The molecule has 1 saturated heterocycles. The van der Waals surface area contributed by atoms with E-state index in [4.69, 9.17) is 5.73 Å². The lowest BCUT2D eigenvalue weighted by molar-refractivity contribution is -0.107. The zero-order valence-electron chi connectivity index (χ0n) is 15.3. The molecule has 138 valence electrons. The molecule has 1 atom stereocenters. The molecule has 1 aromatic heterocycles. The minimum atomic E-state index is 0.170. The largest absolute Gasteiger partial charge is 0.397 e. The van der Waals surface area contributed by atoms with Gasteiger partial charge in [-0.3, -0.25) is 4.98 Å². The van der Waals surface area contributed by atoms with Gasteiger partial charge in [0.15, 0.2) is 0 Å². The van der Waals surface area contributed by atoms with Crippen molar-refractivity contribution >= 4 is 34.3 Å². The molecule has 5 heteroatoms. The molecule has 0 aliphatic carbocycles. The summed E-state index contributed by atoms with van der Waals surface area (Å²) in [5, 5.41) is 4.72. The summed E-state index contributed by atoms with van der Waals surface area (Å²) in [6, 6.07) is 16.0. The molecule has 1 aliphatic rings. The zero-order chi connectivity index (χ0) is 18.6. The van der Waals surface area contributed by atoms with Gasteiger partial charge in [-0.15, -0.1) is 0 Å². The Labute approximate surface area is 159 Å². The predicted octanol–water partition coefficient (Wildman–Crippen LogP) is 3.99. The monoisotopic (exact) mass is 360 g/mol. The minimum absolute atomic E-state index is 0.170. The molecule has 0 radical (unpaired) electrons. The number of para-hydroxylation sites is 2. The Bertz CT molecular complexity index is 956. The maximum atomic E-state index is 10.9. The number of aldehydes is 1. The molecule has 0 bridgehead atoms. The van der Waals surface area contributed by atoms with E-state index in [0.29, 0.717) is 6.42 Å². The zero-order valence-corrected chi connectivity index (χ0v) is 15.3. The van der Waals surface area contributed by atoms with E-state index in [0.717, 1.165) is 59.2 Å². The lowest BCUT2D eigenvalue weighted by Crippen LogP contribution is -2.44. The standard InChI is InChI=1S/C22H24N4O/c23-18-5-1-2-6-20(18)25-22-7-3-4-13-26(22)21-10-12-24-19-9-8-16(11-14-27)15-17(19)21/h1-2,5-6,8-10,12,14-15,22,25H,3-4,7,11,13,23H2. The summed E-state index contributed by atoms with van der Waals surface area (Å²) in [5.74, 6) is 0. The van der Waals surface area contributed by atoms with Crippen LogP contribution in [0.4, 0.5) is 17.1 Å². The Morgan fingerprint density at radius 3 is 2.93 bits per heavy atom. The van der Waals surface area contributed by atoms with E-state index in [9.17, 15) is 4.79 Å². The molecule has 0 spiro atoms. The van der Waals surface area contributed by atoms with E-state index in [-0.39, 0.29) is 6.17 Å². The molecule has 2 aromatic carbocycles. The molecule has 1 unspecified atom stereocenters. The van der Waals surface area contributed by atoms with Crippen LogP contribution >= 0.6 is 0 Å². The molecule has 3 aromatic rings. The number of benzene rings is 2. The lowest BCUT2D eigenvalue weighted by atomic mass is 10.0. The van der Waals surface area contributed by atoms with Gasteiger partial charge < -0.3 is 20.7 Å². The van der Waals surface area contributed by atoms with Gasteiger partial charge in [0, 0.05) is 30.2 Å². The van der Waals surface area contributed by atoms with Crippen LogP contribution in [0, 0.1) is 0 Å².